The Kier molecular flexibility index (Phi) is 4.09. The number of halogens is 1. The van der Waals surface area contributed by atoms with Crippen molar-refractivity contribution < 1.29 is 4.39 Å². The normalized spacial score (nSPS) is 11.6. The minimum atomic E-state index is -0.233. The number of benzene rings is 1. The van der Waals surface area contributed by atoms with Crippen molar-refractivity contribution in [2.75, 3.05) is 5.32 Å². The smallest absolute Gasteiger partial charge is 0.123 e. The van der Waals surface area contributed by atoms with Crippen LogP contribution in [0.3, 0.4) is 0 Å². The Bertz CT molecular complexity index is 587. The summed E-state index contributed by atoms with van der Waals surface area (Å²) in [6.07, 6.45) is 3.98. The molecular weight excluding hydrogens is 241 g/mol. The third-order valence-electron chi connectivity index (χ3n) is 2.80. The van der Waals surface area contributed by atoms with Crippen molar-refractivity contribution in [1.29, 1.82) is 5.26 Å². The van der Waals surface area contributed by atoms with Crippen molar-refractivity contribution in [1.82, 2.24) is 4.98 Å². The highest BCUT2D eigenvalue weighted by atomic mass is 19.1. The number of hydrogen-bond acceptors (Lipinski definition) is 3. The molecule has 1 atom stereocenters. The first-order valence-corrected chi connectivity index (χ1v) is 6.04. The monoisotopic (exact) mass is 255 g/mol. The lowest BCUT2D eigenvalue weighted by atomic mass is 10.1. The molecule has 2 rings (SSSR count). The van der Waals surface area contributed by atoms with Gasteiger partial charge in [0.15, 0.2) is 0 Å². The van der Waals surface area contributed by atoms with Gasteiger partial charge in [0.2, 0.25) is 0 Å². The molecule has 0 aliphatic carbocycles. The second-order valence-electron chi connectivity index (χ2n) is 4.41. The fourth-order valence-electron chi connectivity index (χ4n) is 1.90. The first-order chi connectivity index (χ1) is 9.19. The summed E-state index contributed by atoms with van der Waals surface area (Å²) in [5.41, 5.74) is 2.34. The van der Waals surface area contributed by atoms with E-state index in [9.17, 15) is 4.39 Å². The van der Waals surface area contributed by atoms with Crippen LogP contribution in [0.15, 0.2) is 42.7 Å². The van der Waals surface area contributed by atoms with Gasteiger partial charge >= 0.3 is 0 Å². The molecular formula is C15H14FN3. The number of anilines is 1. The highest BCUT2D eigenvalue weighted by molar-refractivity contribution is 5.55. The molecule has 0 radical (unpaired) electrons. The summed E-state index contributed by atoms with van der Waals surface area (Å²) in [6.45, 7) is 2.01. The van der Waals surface area contributed by atoms with Crippen molar-refractivity contribution in [3.63, 3.8) is 0 Å². The fourth-order valence-corrected chi connectivity index (χ4v) is 1.90. The maximum atomic E-state index is 12.8. The van der Waals surface area contributed by atoms with Crippen molar-refractivity contribution in [2.24, 2.45) is 0 Å². The van der Waals surface area contributed by atoms with Crippen LogP contribution in [-0.2, 0) is 6.42 Å². The van der Waals surface area contributed by atoms with Gasteiger partial charge in [-0.1, -0.05) is 12.1 Å². The molecule has 1 N–H and O–H groups in total. The topological polar surface area (TPSA) is 48.7 Å². The summed E-state index contributed by atoms with van der Waals surface area (Å²) in [6, 6.07) is 10.4. The standard InChI is InChI=1S/C15H14FN3/c1-11(8-12-2-4-14(16)5-3-12)19-15-10-18-7-6-13(15)9-17/h2-7,10-11,19H,8H2,1H3. The second-order valence-corrected chi connectivity index (χ2v) is 4.41. The van der Waals surface area contributed by atoms with Gasteiger partial charge in [-0.15, -0.1) is 0 Å². The maximum Gasteiger partial charge on any atom is 0.123 e. The van der Waals surface area contributed by atoms with Crippen LogP contribution in [0, 0.1) is 17.1 Å². The number of rotatable bonds is 4. The SMILES string of the molecule is CC(Cc1ccc(F)cc1)Nc1cnccc1C#N. The molecule has 1 heterocycles. The molecule has 0 aliphatic rings. The van der Waals surface area contributed by atoms with E-state index >= 15 is 0 Å². The Morgan fingerprint density at radius 2 is 2.05 bits per heavy atom. The number of nitrogens with zero attached hydrogens (tertiary/aromatic N) is 2. The van der Waals surface area contributed by atoms with E-state index in [2.05, 4.69) is 16.4 Å². The molecule has 0 aliphatic heterocycles. The molecule has 0 amide bonds. The van der Waals surface area contributed by atoms with Crippen LogP contribution in [-0.4, -0.2) is 11.0 Å². The third kappa shape index (κ3) is 3.52. The van der Waals surface area contributed by atoms with Crippen molar-refractivity contribution in [3.8, 4) is 6.07 Å². The highest BCUT2D eigenvalue weighted by Gasteiger charge is 2.07. The van der Waals surface area contributed by atoms with Gasteiger partial charge in [0, 0.05) is 12.2 Å². The Balaban J connectivity index is 2.03. The Morgan fingerprint density at radius 3 is 2.74 bits per heavy atom. The predicted octanol–water partition coefficient (Wildman–Crippen LogP) is 3.14. The van der Waals surface area contributed by atoms with Crippen LogP contribution in [0.25, 0.3) is 0 Å². The van der Waals surface area contributed by atoms with E-state index in [0.717, 1.165) is 17.7 Å². The minimum Gasteiger partial charge on any atom is -0.380 e. The zero-order valence-corrected chi connectivity index (χ0v) is 10.6. The average Bonchev–Trinajstić information content (AvgIpc) is 2.42. The van der Waals surface area contributed by atoms with Gasteiger partial charge in [0.25, 0.3) is 0 Å². The number of pyridine rings is 1. The lowest BCUT2D eigenvalue weighted by Gasteiger charge is -2.15. The summed E-state index contributed by atoms with van der Waals surface area (Å²) in [7, 11) is 0. The fraction of sp³-hybridized carbons (Fsp3) is 0.200. The molecule has 4 heteroatoms. The number of aromatic nitrogens is 1. The maximum absolute atomic E-state index is 12.8. The Hall–Kier alpha value is -2.41. The van der Waals surface area contributed by atoms with Crippen LogP contribution < -0.4 is 5.32 Å². The summed E-state index contributed by atoms with van der Waals surface area (Å²) in [5.74, 6) is -0.233. The molecule has 1 aromatic carbocycles. The Morgan fingerprint density at radius 1 is 1.32 bits per heavy atom. The molecule has 3 nitrogen and oxygen atoms in total. The van der Waals surface area contributed by atoms with Gasteiger partial charge in [-0.05, 0) is 37.1 Å². The largest absolute Gasteiger partial charge is 0.380 e. The lowest BCUT2D eigenvalue weighted by molar-refractivity contribution is 0.626. The van der Waals surface area contributed by atoms with Crippen LogP contribution in [0.5, 0.6) is 0 Å². The van der Waals surface area contributed by atoms with E-state index in [4.69, 9.17) is 5.26 Å². The molecule has 19 heavy (non-hydrogen) atoms. The van der Waals surface area contributed by atoms with E-state index in [0.29, 0.717) is 5.56 Å². The summed E-state index contributed by atoms with van der Waals surface area (Å²) in [5, 5.41) is 12.2. The molecule has 1 aromatic heterocycles. The van der Waals surface area contributed by atoms with E-state index in [1.165, 1.54) is 12.1 Å². The van der Waals surface area contributed by atoms with Gasteiger partial charge in [0.1, 0.15) is 11.9 Å². The number of nitriles is 1. The van der Waals surface area contributed by atoms with Crippen LogP contribution >= 0.6 is 0 Å². The van der Waals surface area contributed by atoms with E-state index in [1.54, 1.807) is 30.6 Å². The molecule has 0 saturated heterocycles. The lowest BCUT2D eigenvalue weighted by Crippen LogP contribution is -2.18. The summed E-state index contributed by atoms with van der Waals surface area (Å²) < 4.78 is 12.8. The second kappa shape index (κ2) is 5.96. The minimum absolute atomic E-state index is 0.127. The first kappa shape index (κ1) is 13.0. The first-order valence-electron chi connectivity index (χ1n) is 6.04. The molecule has 0 saturated carbocycles. The molecule has 0 spiro atoms. The molecule has 96 valence electrons. The van der Waals surface area contributed by atoms with Crippen LogP contribution in [0.2, 0.25) is 0 Å². The zero-order chi connectivity index (χ0) is 13.7. The average molecular weight is 255 g/mol. The number of nitrogens with one attached hydrogen (secondary N) is 1. The van der Waals surface area contributed by atoms with Gasteiger partial charge in [-0.2, -0.15) is 5.26 Å². The number of hydrogen-bond donors (Lipinski definition) is 1. The van der Waals surface area contributed by atoms with Gasteiger partial charge < -0.3 is 5.32 Å². The van der Waals surface area contributed by atoms with Crippen molar-refractivity contribution in [2.45, 2.75) is 19.4 Å². The molecule has 2 aromatic rings. The van der Waals surface area contributed by atoms with Crippen LogP contribution in [0.4, 0.5) is 10.1 Å². The van der Waals surface area contributed by atoms with Crippen molar-refractivity contribution >= 4 is 5.69 Å². The van der Waals surface area contributed by atoms with Gasteiger partial charge in [-0.25, -0.2) is 4.39 Å². The van der Waals surface area contributed by atoms with Crippen molar-refractivity contribution in [3.05, 3.63) is 59.7 Å². The highest BCUT2D eigenvalue weighted by Crippen LogP contribution is 2.15. The molecule has 0 fully saturated rings. The third-order valence-corrected chi connectivity index (χ3v) is 2.80. The molecule has 0 bridgehead atoms. The van der Waals surface area contributed by atoms with E-state index in [1.807, 2.05) is 6.92 Å². The predicted molar refractivity (Wildman–Crippen MR) is 72.1 cm³/mol. The quantitative estimate of drug-likeness (QED) is 0.913. The zero-order valence-electron chi connectivity index (χ0n) is 10.6. The molecule has 1 unspecified atom stereocenters. The van der Waals surface area contributed by atoms with Gasteiger partial charge in [0.05, 0.1) is 17.4 Å². The van der Waals surface area contributed by atoms with E-state index < -0.39 is 0 Å². The Labute approximate surface area is 111 Å². The van der Waals surface area contributed by atoms with Crippen LogP contribution in [0.1, 0.15) is 18.1 Å². The van der Waals surface area contributed by atoms with Gasteiger partial charge in [-0.3, -0.25) is 4.98 Å². The van der Waals surface area contributed by atoms with E-state index in [-0.39, 0.29) is 11.9 Å². The summed E-state index contributed by atoms with van der Waals surface area (Å²) >= 11 is 0. The summed E-state index contributed by atoms with van der Waals surface area (Å²) in [4.78, 5) is 4.00.